The van der Waals surface area contributed by atoms with E-state index in [1.54, 1.807) is 18.2 Å². The first-order valence-electron chi connectivity index (χ1n) is 4.01. The van der Waals surface area contributed by atoms with Crippen molar-refractivity contribution in [3.63, 3.8) is 0 Å². The fourth-order valence-electron chi connectivity index (χ4n) is 1.24. The Bertz CT molecular complexity index is 606. The third-order valence-corrected chi connectivity index (χ3v) is 2.18. The second kappa shape index (κ2) is 3.36. The van der Waals surface area contributed by atoms with Crippen molar-refractivity contribution in [3.05, 3.63) is 45.5 Å². The summed E-state index contributed by atoms with van der Waals surface area (Å²) < 4.78 is 1.13. The molecule has 2 aromatic rings. The molecule has 0 unspecified atom stereocenters. The number of aromatic carboxylic acids is 1. The predicted octanol–water partition coefficient (Wildman–Crippen LogP) is 1.05. The van der Waals surface area contributed by atoms with Gasteiger partial charge >= 0.3 is 5.97 Å². The van der Waals surface area contributed by atoms with Crippen LogP contribution >= 0.6 is 11.6 Å². The number of hydrogen-bond donors (Lipinski definition) is 1. The average molecular weight is 225 g/mol. The Morgan fingerprint density at radius 2 is 2.20 bits per heavy atom. The number of rotatable bonds is 1. The van der Waals surface area contributed by atoms with Gasteiger partial charge in [-0.25, -0.2) is 9.78 Å². The minimum atomic E-state index is -1.38. The zero-order valence-corrected chi connectivity index (χ0v) is 8.10. The molecule has 0 atom stereocenters. The first-order chi connectivity index (χ1) is 7.11. The zero-order valence-electron chi connectivity index (χ0n) is 7.35. The second-order valence-electron chi connectivity index (χ2n) is 2.82. The molecule has 0 saturated carbocycles. The van der Waals surface area contributed by atoms with E-state index in [9.17, 15) is 9.59 Å². The number of fused-ring (bicyclic) bond motifs is 1. The molecule has 0 spiro atoms. The topological polar surface area (TPSA) is 71.7 Å². The highest BCUT2D eigenvalue weighted by molar-refractivity contribution is 6.32. The molecule has 2 heterocycles. The molecule has 76 valence electrons. The summed E-state index contributed by atoms with van der Waals surface area (Å²) in [4.78, 5) is 26.2. The Morgan fingerprint density at radius 1 is 1.47 bits per heavy atom. The normalized spacial score (nSPS) is 10.5. The van der Waals surface area contributed by atoms with Crippen LogP contribution in [0.2, 0.25) is 5.15 Å². The molecule has 5 nitrogen and oxygen atoms in total. The summed E-state index contributed by atoms with van der Waals surface area (Å²) in [5.74, 6) is -1.38. The van der Waals surface area contributed by atoms with Crippen molar-refractivity contribution in [1.29, 1.82) is 0 Å². The molecule has 2 rings (SSSR count). The monoisotopic (exact) mass is 224 g/mol. The van der Waals surface area contributed by atoms with Crippen LogP contribution < -0.4 is 5.56 Å². The van der Waals surface area contributed by atoms with Crippen LogP contribution in [0.15, 0.2) is 29.2 Å². The number of nitrogens with zero attached hydrogens (tertiary/aromatic N) is 2. The lowest BCUT2D eigenvalue weighted by molar-refractivity contribution is 0.0694. The Hall–Kier alpha value is -1.88. The van der Waals surface area contributed by atoms with Crippen molar-refractivity contribution in [2.24, 2.45) is 0 Å². The van der Waals surface area contributed by atoms with E-state index >= 15 is 0 Å². The van der Waals surface area contributed by atoms with Crippen molar-refractivity contribution in [3.8, 4) is 0 Å². The van der Waals surface area contributed by atoms with Gasteiger partial charge < -0.3 is 5.11 Å². The van der Waals surface area contributed by atoms with E-state index in [1.807, 2.05) is 0 Å². The fourth-order valence-corrected chi connectivity index (χ4v) is 1.49. The van der Waals surface area contributed by atoms with Gasteiger partial charge in [-0.3, -0.25) is 9.20 Å². The molecule has 0 bridgehead atoms. The van der Waals surface area contributed by atoms with Gasteiger partial charge in [0, 0.05) is 6.20 Å². The van der Waals surface area contributed by atoms with Crippen LogP contribution in [0.1, 0.15) is 10.4 Å². The SMILES string of the molecule is O=C(O)c1c(Cl)nc2ccccn2c1=O. The highest BCUT2D eigenvalue weighted by Gasteiger charge is 2.17. The number of halogens is 1. The average Bonchev–Trinajstić information content (AvgIpc) is 2.17. The highest BCUT2D eigenvalue weighted by atomic mass is 35.5. The van der Waals surface area contributed by atoms with Gasteiger partial charge in [-0.2, -0.15) is 0 Å². The summed E-state index contributed by atoms with van der Waals surface area (Å²) in [5, 5.41) is 8.48. The van der Waals surface area contributed by atoms with E-state index in [4.69, 9.17) is 16.7 Å². The van der Waals surface area contributed by atoms with Gasteiger partial charge in [-0.05, 0) is 12.1 Å². The third-order valence-electron chi connectivity index (χ3n) is 1.90. The number of hydrogen-bond acceptors (Lipinski definition) is 3. The molecule has 0 saturated heterocycles. The van der Waals surface area contributed by atoms with Crippen molar-refractivity contribution in [2.75, 3.05) is 0 Å². The molecule has 0 radical (unpaired) electrons. The van der Waals surface area contributed by atoms with Crippen LogP contribution in [0.5, 0.6) is 0 Å². The molecule has 6 heteroatoms. The molecule has 0 aromatic carbocycles. The number of pyridine rings is 1. The quantitative estimate of drug-likeness (QED) is 0.735. The minimum absolute atomic E-state index is 0.293. The molecular weight excluding hydrogens is 220 g/mol. The van der Waals surface area contributed by atoms with Crippen LogP contribution in [0.3, 0.4) is 0 Å². The Labute approximate surface area is 88.6 Å². The number of carboxylic acid groups (broad SMARTS) is 1. The maximum Gasteiger partial charge on any atom is 0.344 e. The summed E-state index contributed by atoms with van der Waals surface area (Å²) in [7, 11) is 0. The molecule has 1 N–H and O–H groups in total. The lowest BCUT2D eigenvalue weighted by atomic mass is 10.3. The molecule has 2 aromatic heterocycles. The fraction of sp³-hybridized carbons (Fsp3) is 0. The van der Waals surface area contributed by atoms with Gasteiger partial charge in [0.05, 0.1) is 0 Å². The zero-order chi connectivity index (χ0) is 11.0. The van der Waals surface area contributed by atoms with Crippen LogP contribution in [-0.2, 0) is 0 Å². The molecule has 0 amide bonds. The van der Waals surface area contributed by atoms with Crippen LogP contribution in [0, 0.1) is 0 Å². The van der Waals surface area contributed by atoms with E-state index < -0.39 is 17.1 Å². The van der Waals surface area contributed by atoms with Crippen molar-refractivity contribution < 1.29 is 9.90 Å². The van der Waals surface area contributed by atoms with Crippen LogP contribution in [0.25, 0.3) is 5.65 Å². The lowest BCUT2D eigenvalue weighted by Gasteiger charge is -2.02. The van der Waals surface area contributed by atoms with Gasteiger partial charge in [0.2, 0.25) is 0 Å². The van der Waals surface area contributed by atoms with Gasteiger partial charge in [0.15, 0.2) is 10.7 Å². The smallest absolute Gasteiger partial charge is 0.344 e. The van der Waals surface area contributed by atoms with Crippen LogP contribution in [-0.4, -0.2) is 20.5 Å². The maximum absolute atomic E-state index is 11.6. The van der Waals surface area contributed by atoms with Gasteiger partial charge in [0.25, 0.3) is 5.56 Å². The van der Waals surface area contributed by atoms with E-state index in [0.29, 0.717) is 5.65 Å². The van der Waals surface area contributed by atoms with Crippen molar-refractivity contribution in [1.82, 2.24) is 9.38 Å². The summed E-state index contributed by atoms with van der Waals surface area (Å²) in [6.45, 7) is 0. The number of aromatic nitrogens is 2. The molecule has 0 aliphatic carbocycles. The van der Waals surface area contributed by atoms with Crippen molar-refractivity contribution >= 4 is 23.2 Å². The first-order valence-corrected chi connectivity index (χ1v) is 4.39. The standard InChI is InChI=1S/C9H5ClN2O3/c10-7-6(9(14)15)8(13)12-4-2-1-3-5(12)11-7/h1-4H,(H,14,15). The predicted molar refractivity (Wildman–Crippen MR) is 53.4 cm³/mol. The molecule has 15 heavy (non-hydrogen) atoms. The van der Waals surface area contributed by atoms with Crippen LogP contribution in [0.4, 0.5) is 0 Å². The molecule has 0 fully saturated rings. The number of carbonyl (C=O) groups is 1. The van der Waals surface area contributed by atoms with E-state index in [0.717, 1.165) is 4.40 Å². The summed E-state index contributed by atoms with van der Waals surface area (Å²) in [5.41, 5.74) is -0.879. The lowest BCUT2D eigenvalue weighted by Crippen LogP contribution is -2.23. The van der Waals surface area contributed by atoms with E-state index in [-0.39, 0.29) is 5.15 Å². The minimum Gasteiger partial charge on any atom is -0.477 e. The summed E-state index contributed by atoms with van der Waals surface area (Å²) >= 11 is 5.60. The van der Waals surface area contributed by atoms with E-state index in [2.05, 4.69) is 4.98 Å². The van der Waals surface area contributed by atoms with Crippen molar-refractivity contribution in [2.45, 2.75) is 0 Å². The number of carboxylic acids is 1. The third kappa shape index (κ3) is 1.46. The largest absolute Gasteiger partial charge is 0.477 e. The van der Waals surface area contributed by atoms with Gasteiger partial charge in [-0.1, -0.05) is 17.7 Å². The molecular formula is C9H5ClN2O3. The molecule has 0 aliphatic rings. The Kier molecular flexibility index (Phi) is 2.17. The summed E-state index contributed by atoms with van der Waals surface area (Å²) in [6.07, 6.45) is 1.44. The van der Waals surface area contributed by atoms with E-state index in [1.165, 1.54) is 6.20 Å². The highest BCUT2D eigenvalue weighted by Crippen LogP contribution is 2.10. The Morgan fingerprint density at radius 3 is 2.87 bits per heavy atom. The second-order valence-corrected chi connectivity index (χ2v) is 3.17. The van der Waals surface area contributed by atoms with Gasteiger partial charge in [-0.15, -0.1) is 0 Å². The Balaban J connectivity index is 2.97. The molecule has 0 aliphatic heterocycles. The van der Waals surface area contributed by atoms with Gasteiger partial charge in [0.1, 0.15) is 5.65 Å². The first kappa shape index (κ1) is 9.67. The summed E-state index contributed by atoms with van der Waals surface area (Å²) in [6, 6.07) is 4.85. The maximum atomic E-state index is 11.6.